The maximum atomic E-state index is 12.3. The first kappa shape index (κ1) is 25.2. The lowest BCUT2D eigenvalue weighted by Gasteiger charge is -2.29. The van der Waals surface area contributed by atoms with Crippen LogP contribution in [0.1, 0.15) is 25.7 Å². The molecule has 0 radical (unpaired) electrons. The van der Waals surface area contributed by atoms with Crippen molar-refractivity contribution in [3.63, 3.8) is 0 Å². The number of anilines is 4. The van der Waals surface area contributed by atoms with Gasteiger partial charge in [0.05, 0.1) is 0 Å². The van der Waals surface area contributed by atoms with Crippen LogP contribution in [0, 0.1) is 11.8 Å². The highest BCUT2D eigenvalue weighted by molar-refractivity contribution is 5.90. The molecule has 1 saturated carbocycles. The van der Waals surface area contributed by atoms with E-state index in [1.807, 2.05) is 86.5 Å². The molecule has 2 aromatic rings. The Labute approximate surface area is 203 Å². The van der Waals surface area contributed by atoms with E-state index in [4.69, 9.17) is 0 Å². The van der Waals surface area contributed by atoms with Gasteiger partial charge < -0.3 is 31.1 Å². The highest BCUT2D eigenvalue weighted by atomic mass is 16.2. The molecular formula is C26H38N6O2. The molecule has 0 unspecified atom stereocenters. The molecule has 1 fully saturated rings. The Morgan fingerprint density at radius 2 is 1.09 bits per heavy atom. The number of benzene rings is 2. The summed E-state index contributed by atoms with van der Waals surface area (Å²) in [5.41, 5.74) is 3.72. The van der Waals surface area contributed by atoms with Gasteiger partial charge in [-0.2, -0.15) is 0 Å². The highest BCUT2D eigenvalue weighted by Gasteiger charge is 2.23. The molecule has 0 bridgehead atoms. The summed E-state index contributed by atoms with van der Waals surface area (Å²) in [4.78, 5) is 28.6. The largest absolute Gasteiger partial charge is 0.378 e. The summed E-state index contributed by atoms with van der Waals surface area (Å²) in [6.07, 6.45) is 4.30. The number of carbonyl (C=O) groups excluding carboxylic acids is 2. The molecule has 2 atom stereocenters. The maximum absolute atomic E-state index is 12.3. The third-order valence-corrected chi connectivity index (χ3v) is 6.28. The van der Waals surface area contributed by atoms with Gasteiger partial charge in [0.1, 0.15) is 0 Å². The zero-order valence-electron chi connectivity index (χ0n) is 20.7. The van der Waals surface area contributed by atoms with Crippen molar-refractivity contribution in [2.75, 3.05) is 61.7 Å². The Kier molecular flexibility index (Phi) is 9.01. The van der Waals surface area contributed by atoms with E-state index in [2.05, 4.69) is 21.3 Å². The van der Waals surface area contributed by atoms with Crippen molar-refractivity contribution >= 4 is 34.8 Å². The van der Waals surface area contributed by atoms with E-state index in [9.17, 15) is 9.59 Å². The third-order valence-electron chi connectivity index (χ3n) is 6.28. The summed E-state index contributed by atoms with van der Waals surface area (Å²) in [6, 6.07) is 15.1. The molecule has 34 heavy (non-hydrogen) atoms. The number of hydrogen-bond acceptors (Lipinski definition) is 4. The monoisotopic (exact) mass is 466 g/mol. The molecule has 4 N–H and O–H groups in total. The van der Waals surface area contributed by atoms with Crippen LogP contribution in [-0.4, -0.2) is 53.3 Å². The fraction of sp³-hybridized carbons (Fsp3) is 0.462. The average molecular weight is 467 g/mol. The highest BCUT2D eigenvalue weighted by Crippen LogP contribution is 2.28. The summed E-state index contributed by atoms with van der Waals surface area (Å²) in [7, 11) is 7.94. The number of nitrogens with one attached hydrogen (secondary N) is 4. The molecule has 0 spiro atoms. The van der Waals surface area contributed by atoms with Crippen molar-refractivity contribution in [1.29, 1.82) is 0 Å². The van der Waals surface area contributed by atoms with Crippen LogP contribution in [0.25, 0.3) is 0 Å². The Morgan fingerprint density at radius 1 is 0.706 bits per heavy atom. The Hall–Kier alpha value is -3.42. The van der Waals surface area contributed by atoms with Gasteiger partial charge in [0.25, 0.3) is 0 Å². The predicted octanol–water partition coefficient (Wildman–Crippen LogP) is 4.57. The van der Waals surface area contributed by atoms with E-state index in [0.29, 0.717) is 24.9 Å². The summed E-state index contributed by atoms with van der Waals surface area (Å²) >= 11 is 0. The fourth-order valence-corrected chi connectivity index (χ4v) is 4.28. The number of urea groups is 2. The van der Waals surface area contributed by atoms with Gasteiger partial charge in [0, 0.05) is 64.0 Å². The Bertz CT molecular complexity index is 852. The minimum atomic E-state index is -0.183. The first-order valence-electron chi connectivity index (χ1n) is 11.9. The van der Waals surface area contributed by atoms with Gasteiger partial charge in [-0.3, -0.25) is 0 Å². The van der Waals surface area contributed by atoms with Gasteiger partial charge in [-0.1, -0.05) is 6.42 Å². The molecule has 2 aromatic carbocycles. The molecule has 8 heteroatoms. The SMILES string of the molecule is CN(C)c1ccc(NC(=O)NC[C@@H]2CCC[C@@H](CNC(=O)Nc3ccc(N(C)C)cc3)C2)cc1. The molecule has 0 aliphatic heterocycles. The second-order valence-corrected chi connectivity index (χ2v) is 9.45. The first-order valence-corrected chi connectivity index (χ1v) is 11.9. The topological polar surface area (TPSA) is 88.7 Å². The summed E-state index contributed by atoms with van der Waals surface area (Å²) in [5.74, 6) is 0.841. The zero-order chi connectivity index (χ0) is 24.5. The lowest BCUT2D eigenvalue weighted by atomic mass is 9.81. The second-order valence-electron chi connectivity index (χ2n) is 9.45. The number of amides is 4. The maximum Gasteiger partial charge on any atom is 0.319 e. The molecular weight excluding hydrogens is 428 g/mol. The first-order chi connectivity index (χ1) is 16.3. The van der Waals surface area contributed by atoms with Crippen LogP contribution >= 0.6 is 0 Å². The average Bonchev–Trinajstić information content (AvgIpc) is 2.82. The van der Waals surface area contributed by atoms with Crippen molar-refractivity contribution in [3.05, 3.63) is 48.5 Å². The van der Waals surface area contributed by atoms with Crippen LogP contribution in [-0.2, 0) is 0 Å². The second kappa shape index (κ2) is 12.2. The van der Waals surface area contributed by atoms with E-state index in [1.165, 1.54) is 0 Å². The van der Waals surface area contributed by atoms with Crippen LogP contribution in [0.2, 0.25) is 0 Å². The van der Waals surface area contributed by atoms with Crippen LogP contribution in [0.5, 0.6) is 0 Å². The van der Waals surface area contributed by atoms with Crippen LogP contribution < -0.4 is 31.1 Å². The van der Waals surface area contributed by atoms with Gasteiger partial charge >= 0.3 is 12.1 Å². The van der Waals surface area contributed by atoms with Crippen LogP contribution in [0.15, 0.2) is 48.5 Å². The number of hydrogen-bond donors (Lipinski definition) is 4. The number of rotatable bonds is 8. The van der Waals surface area contributed by atoms with E-state index in [-0.39, 0.29) is 12.1 Å². The Morgan fingerprint density at radius 3 is 1.44 bits per heavy atom. The van der Waals surface area contributed by atoms with Gasteiger partial charge in [0.2, 0.25) is 0 Å². The summed E-state index contributed by atoms with van der Waals surface area (Å²) < 4.78 is 0. The lowest BCUT2D eigenvalue weighted by molar-refractivity contribution is 0.230. The number of nitrogens with zero attached hydrogens (tertiary/aromatic N) is 2. The van der Waals surface area contributed by atoms with Crippen molar-refractivity contribution < 1.29 is 9.59 Å². The van der Waals surface area contributed by atoms with Crippen molar-refractivity contribution in [3.8, 4) is 0 Å². The van der Waals surface area contributed by atoms with Gasteiger partial charge in [-0.25, -0.2) is 9.59 Å². The van der Waals surface area contributed by atoms with Crippen LogP contribution in [0.4, 0.5) is 32.3 Å². The number of carbonyl (C=O) groups is 2. The minimum absolute atomic E-state index is 0.183. The molecule has 1 aliphatic rings. The fourth-order valence-electron chi connectivity index (χ4n) is 4.28. The quantitative estimate of drug-likeness (QED) is 0.459. The smallest absolute Gasteiger partial charge is 0.319 e. The van der Waals surface area contributed by atoms with Gasteiger partial charge in [0.15, 0.2) is 0 Å². The van der Waals surface area contributed by atoms with Crippen molar-refractivity contribution in [2.45, 2.75) is 25.7 Å². The van der Waals surface area contributed by atoms with Gasteiger partial charge in [-0.05, 0) is 79.6 Å². The summed E-state index contributed by atoms with van der Waals surface area (Å²) in [5, 5.41) is 11.8. The Balaban J connectivity index is 1.36. The van der Waals surface area contributed by atoms with E-state index >= 15 is 0 Å². The van der Waals surface area contributed by atoms with Crippen LogP contribution in [0.3, 0.4) is 0 Å². The molecule has 4 amide bonds. The van der Waals surface area contributed by atoms with Crippen molar-refractivity contribution in [2.24, 2.45) is 11.8 Å². The zero-order valence-corrected chi connectivity index (χ0v) is 20.7. The van der Waals surface area contributed by atoms with E-state index in [0.717, 1.165) is 48.4 Å². The van der Waals surface area contributed by atoms with Crippen molar-refractivity contribution in [1.82, 2.24) is 10.6 Å². The molecule has 8 nitrogen and oxygen atoms in total. The molecule has 0 saturated heterocycles. The molecule has 0 aromatic heterocycles. The predicted molar refractivity (Wildman–Crippen MR) is 141 cm³/mol. The molecule has 0 heterocycles. The standard InChI is InChI=1S/C26H38N6O2/c1-31(2)23-12-8-21(9-13-23)29-25(33)27-17-19-6-5-7-20(16-19)18-28-26(34)30-22-10-14-24(15-11-22)32(3)4/h8-15,19-20H,5-7,16-18H2,1-4H3,(H2,27,29,33)(H2,28,30,34)/t19-,20-/m1/s1. The lowest BCUT2D eigenvalue weighted by Crippen LogP contribution is -2.38. The molecule has 184 valence electrons. The third kappa shape index (κ3) is 7.86. The van der Waals surface area contributed by atoms with E-state index in [1.54, 1.807) is 0 Å². The summed E-state index contributed by atoms with van der Waals surface area (Å²) in [6.45, 7) is 1.28. The molecule has 3 rings (SSSR count). The normalized spacial score (nSPS) is 17.4. The molecule has 1 aliphatic carbocycles. The van der Waals surface area contributed by atoms with Gasteiger partial charge in [-0.15, -0.1) is 0 Å². The van der Waals surface area contributed by atoms with E-state index < -0.39 is 0 Å². The minimum Gasteiger partial charge on any atom is -0.378 e.